The highest BCUT2D eigenvalue weighted by atomic mass is 19.1. The molecule has 0 aromatic heterocycles. The van der Waals surface area contributed by atoms with Gasteiger partial charge in [0.25, 0.3) is 0 Å². The minimum absolute atomic E-state index is 0.146. The lowest BCUT2D eigenvalue weighted by molar-refractivity contribution is 0.502. The second-order valence-corrected chi connectivity index (χ2v) is 3.98. The quantitative estimate of drug-likeness (QED) is 0.761. The molecule has 2 rings (SSSR count). The predicted molar refractivity (Wildman–Crippen MR) is 55.8 cm³/mol. The van der Waals surface area contributed by atoms with Gasteiger partial charge in [-0.15, -0.1) is 0 Å². The van der Waals surface area contributed by atoms with Gasteiger partial charge < -0.3 is 5.32 Å². The van der Waals surface area contributed by atoms with E-state index in [-0.39, 0.29) is 5.82 Å². The molecule has 14 heavy (non-hydrogen) atoms. The van der Waals surface area contributed by atoms with Crippen LogP contribution in [0.2, 0.25) is 0 Å². The molecule has 1 aromatic rings. The summed E-state index contributed by atoms with van der Waals surface area (Å²) in [4.78, 5) is 0. The maximum absolute atomic E-state index is 12.7. The number of hydrogen-bond acceptors (Lipinski definition) is 1. The molecule has 1 aliphatic rings. The smallest absolute Gasteiger partial charge is 0.123 e. The third-order valence-corrected chi connectivity index (χ3v) is 3.16. The van der Waals surface area contributed by atoms with Crippen LogP contribution in [-0.4, -0.2) is 13.1 Å². The molecule has 1 aliphatic heterocycles. The maximum Gasteiger partial charge on any atom is 0.123 e. The summed E-state index contributed by atoms with van der Waals surface area (Å²) in [7, 11) is 0. The lowest BCUT2D eigenvalue weighted by Gasteiger charge is -2.16. The fourth-order valence-corrected chi connectivity index (χ4v) is 2.26. The molecule has 0 unspecified atom stereocenters. The second-order valence-electron chi connectivity index (χ2n) is 3.98. The highest BCUT2D eigenvalue weighted by molar-refractivity contribution is 5.22. The van der Waals surface area contributed by atoms with E-state index in [4.69, 9.17) is 0 Å². The van der Waals surface area contributed by atoms with E-state index in [0.29, 0.717) is 11.8 Å². The van der Waals surface area contributed by atoms with Gasteiger partial charge in [0, 0.05) is 12.5 Å². The number of hydrogen-bond donors (Lipinski definition) is 1. The molecule has 2 heteroatoms. The monoisotopic (exact) mass is 193 g/mol. The van der Waals surface area contributed by atoms with Crippen LogP contribution in [0.5, 0.6) is 0 Å². The fraction of sp³-hybridized carbons (Fsp3) is 0.500. The van der Waals surface area contributed by atoms with E-state index >= 15 is 0 Å². The van der Waals surface area contributed by atoms with Crippen molar-refractivity contribution in [1.82, 2.24) is 5.32 Å². The Bertz CT molecular complexity index is 294. The summed E-state index contributed by atoms with van der Waals surface area (Å²) in [5, 5.41) is 3.39. The first-order chi connectivity index (χ1) is 6.81. The highest BCUT2D eigenvalue weighted by Gasteiger charge is 2.26. The number of halogens is 1. The topological polar surface area (TPSA) is 12.0 Å². The van der Waals surface area contributed by atoms with Gasteiger partial charge in [-0.3, -0.25) is 0 Å². The van der Waals surface area contributed by atoms with Crippen molar-refractivity contribution in [2.75, 3.05) is 13.1 Å². The van der Waals surface area contributed by atoms with Gasteiger partial charge >= 0.3 is 0 Å². The predicted octanol–water partition coefficient (Wildman–Crippen LogP) is 2.54. The first-order valence-electron chi connectivity index (χ1n) is 5.27. The Morgan fingerprint density at radius 3 is 2.64 bits per heavy atom. The van der Waals surface area contributed by atoms with Crippen LogP contribution in [-0.2, 0) is 0 Å². The zero-order chi connectivity index (χ0) is 9.97. The van der Waals surface area contributed by atoms with Crippen molar-refractivity contribution < 1.29 is 4.39 Å². The Labute approximate surface area is 84.3 Å². The van der Waals surface area contributed by atoms with E-state index in [1.54, 1.807) is 12.1 Å². The van der Waals surface area contributed by atoms with Gasteiger partial charge in [0.15, 0.2) is 0 Å². The van der Waals surface area contributed by atoms with Crippen molar-refractivity contribution in [2.45, 2.75) is 19.3 Å². The molecule has 2 atom stereocenters. The molecule has 0 saturated carbocycles. The van der Waals surface area contributed by atoms with Crippen LogP contribution in [0.15, 0.2) is 24.3 Å². The summed E-state index contributed by atoms with van der Waals surface area (Å²) in [6.45, 7) is 4.34. The SMILES string of the molecule is CC[C@@H]1CNC[C@H]1c1ccc(F)cc1. The van der Waals surface area contributed by atoms with Crippen LogP contribution >= 0.6 is 0 Å². The lowest BCUT2D eigenvalue weighted by Crippen LogP contribution is -2.09. The molecule has 0 spiro atoms. The maximum atomic E-state index is 12.7. The van der Waals surface area contributed by atoms with Gasteiger partial charge in [-0.25, -0.2) is 4.39 Å². The van der Waals surface area contributed by atoms with Crippen molar-refractivity contribution in [3.8, 4) is 0 Å². The Morgan fingerprint density at radius 2 is 2.00 bits per heavy atom. The summed E-state index contributed by atoms with van der Waals surface area (Å²) < 4.78 is 12.7. The molecule has 0 bridgehead atoms. The number of rotatable bonds is 2. The Balaban J connectivity index is 2.17. The molecule has 0 amide bonds. The molecular weight excluding hydrogens is 177 g/mol. The third kappa shape index (κ3) is 1.80. The van der Waals surface area contributed by atoms with Crippen LogP contribution < -0.4 is 5.32 Å². The largest absolute Gasteiger partial charge is 0.316 e. The normalized spacial score (nSPS) is 26.7. The van der Waals surface area contributed by atoms with Crippen LogP contribution in [0.4, 0.5) is 4.39 Å². The number of benzene rings is 1. The van der Waals surface area contributed by atoms with Crippen LogP contribution in [0.1, 0.15) is 24.8 Å². The van der Waals surface area contributed by atoms with Gasteiger partial charge in [0.05, 0.1) is 0 Å². The second kappa shape index (κ2) is 4.09. The Hall–Kier alpha value is -0.890. The standard InChI is InChI=1S/C12H16FN/c1-2-9-7-14-8-12(9)10-3-5-11(13)6-4-10/h3-6,9,12,14H,2,7-8H2,1H3/t9-,12-/m1/s1. The zero-order valence-corrected chi connectivity index (χ0v) is 8.46. The van der Waals surface area contributed by atoms with E-state index in [1.807, 2.05) is 12.1 Å². The first kappa shape index (κ1) is 9.66. The zero-order valence-electron chi connectivity index (χ0n) is 8.46. The molecule has 1 nitrogen and oxygen atoms in total. The molecule has 0 aliphatic carbocycles. The average Bonchev–Trinajstić information content (AvgIpc) is 2.67. The van der Waals surface area contributed by atoms with Crippen LogP contribution in [0, 0.1) is 11.7 Å². The number of nitrogens with one attached hydrogen (secondary N) is 1. The molecule has 76 valence electrons. The minimum Gasteiger partial charge on any atom is -0.316 e. The summed E-state index contributed by atoms with van der Waals surface area (Å²) in [5.41, 5.74) is 1.27. The summed E-state index contributed by atoms with van der Waals surface area (Å²) in [6.07, 6.45) is 1.19. The van der Waals surface area contributed by atoms with Gasteiger partial charge in [-0.2, -0.15) is 0 Å². The van der Waals surface area contributed by atoms with E-state index in [2.05, 4.69) is 12.2 Å². The Kier molecular flexibility index (Phi) is 2.82. The van der Waals surface area contributed by atoms with Gasteiger partial charge in [0.1, 0.15) is 5.82 Å². The average molecular weight is 193 g/mol. The molecular formula is C12H16FN. The minimum atomic E-state index is -0.146. The van der Waals surface area contributed by atoms with Gasteiger partial charge in [0.2, 0.25) is 0 Å². The molecule has 1 saturated heterocycles. The van der Waals surface area contributed by atoms with Gasteiger partial charge in [-0.05, 0) is 30.2 Å². The van der Waals surface area contributed by atoms with Crippen LogP contribution in [0.25, 0.3) is 0 Å². The van der Waals surface area contributed by atoms with Crippen molar-refractivity contribution >= 4 is 0 Å². The molecule has 1 aromatic carbocycles. The Morgan fingerprint density at radius 1 is 1.29 bits per heavy atom. The summed E-state index contributed by atoms with van der Waals surface area (Å²) in [6, 6.07) is 6.94. The summed E-state index contributed by atoms with van der Waals surface area (Å²) >= 11 is 0. The highest BCUT2D eigenvalue weighted by Crippen LogP contribution is 2.29. The molecule has 1 heterocycles. The molecule has 1 N–H and O–H groups in total. The first-order valence-corrected chi connectivity index (χ1v) is 5.27. The van der Waals surface area contributed by atoms with Crippen molar-refractivity contribution in [1.29, 1.82) is 0 Å². The van der Waals surface area contributed by atoms with Crippen LogP contribution in [0.3, 0.4) is 0 Å². The summed E-state index contributed by atoms with van der Waals surface area (Å²) in [5.74, 6) is 1.13. The lowest BCUT2D eigenvalue weighted by atomic mass is 9.87. The van der Waals surface area contributed by atoms with E-state index in [0.717, 1.165) is 13.1 Å². The van der Waals surface area contributed by atoms with Crippen molar-refractivity contribution in [3.63, 3.8) is 0 Å². The fourth-order valence-electron chi connectivity index (χ4n) is 2.26. The van der Waals surface area contributed by atoms with E-state index < -0.39 is 0 Å². The third-order valence-electron chi connectivity index (χ3n) is 3.16. The van der Waals surface area contributed by atoms with Gasteiger partial charge in [-0.1, -0.05) is 25.5 Å². The molecule has 0 radical (unpaired) electrons. The van der Waals surface area contributed by atoms with Crippen molar-refractivity contribution in [2.24, 2.45) is 5.92 Å². The van der Waals surface area contributed by atoms with Crippen molar-refractivity contribution in [3.05, 3.63) is 35.6 Å². The van der Waals surface area contributed by atoms with E-state index in [1.165, 1.54) is 12.0 Å². The molecule has 1 fully saturated rings. The van der Waals surface area contributed by atoms with E-state index in [9.17, 15) is 4.39 Å².